The van der Waals surface area contributed by atoms with Crippen LogP contribution in [0.3, 0.4) is 0 Å². The molecule has 2 heteroatoms. The van der Waals surface area contributed by atoms with Gasteiger partial charge in [-0.15, -0.1) is 0 Å². The van der Waals surface area contributed by atoms with Crippen molar-refractivity contribution in [3.63, 3.8) is 0 Å². The minimum absolute atomic E-state index is 0.197. The largest absolute Gasteiger partial charge is 0.381 e. The predicted octanol–water partition coefficient (Wildman–Crippen LogP) is 4.05. The molecule has 0 aromatic heterocycles. The molecular formula is C15H16FN. The summed E-state index contributed by atoms with van der Waals surface area (Å²) in [6.45, 7) is 4.69. The van der Waals surface area contributed by atoms with Crippen LogP contribution in [-0.4, -0.2) is 0 Å². The summed E-state index contributed by atoms with van der Waals surface area (Å²) < 4.78 is 13.2. The number of hydrogen-bond acceptors (Lipinski definition) is 1. The molecule has 0 spiro atoms. The predicted molar refractivity (Wildman–Crippen MR) is 69.6 cm³/mol. The summed E-state index contributed by atoms with van der Waals surface area (Å²) in [6.07, 6.45) is 0. The third-order valence-electron chi connectivity index (χ3n) is 2.79. The number of anilines is 1. The van der Waals surface area contributed by atoms with Gasteiger partial charge in [0, 0.05) is 12.2 Å². The molecule has 0 aliphatic heterocycles. The lowest BCUT2D eigenvalue weighted by atomic mass is 10.1. The molecule has 0 amide bonds. The van der Waals surface area contributed by atoms with Crippen LogP contribution in [0.1, 0.15) is 16.7 Å². The monoisotopic (exact) mass is 229 g/mol. The van der Waals surface area contributed by atoms with Crippen LogP contribution < -0.4 is 5.32 Å². The summed E-state index contributed by atoms with van der Waals surface area (Å²) in [5.41, 5.74) is 4.23. The lowest BCUT2D eigenvalue weighted by molar-refractivity contribution is 0.627. The first-order valence-corrected chi connectivity index (χ1v) is 5.71. The molecule has 0 unspecified atom stereocenters. The first kappa shape index (κ1) is 11.6. The van der Waals surface area contributed by atoms with Crippen LogP contribution in [0.5, 0.6) is 0 Å². The van der Waals surface area contributed by atoms with E-state index in [9.17, 15) is 4.39 Å². The number of nitrogens with one attached hydrogen (secondary N) is 1. The van der Waals surface area contributed by atoms with E-state index in [-0.39, 0.29) is 5.82 Å². The molecule has 0 heterocycles. The van der Waals surface area contributed by atoms with Gasteiger partial charge in [0.1, 0.15) is 5.82 Å². The maximum Gasteiger partial charge on any atom is 0.125 e. The zero-order valence-corrected chi connectivity index (χ0v) is 10.1. The van der Waals surface area contributed by atoms with Crippen molar-refractivity contribution in [1.29, 1.82) is 0 Å². The molecule has 0 atom stereocenters. The number of halogens is 1. The minimum Gasteiger partial charge on any atom is -0.381 e. The van der Waals surface area contributed by atoms with E-state index in [4.69, 9.17) is 0 Å². The topological polar surface area (TPSA) is 12.0 Å². The molecule has 0 bridgehead atoms. The van der Waals surface area contributed by atoms with Crippen LogP contribution in [-0.2, 0) is 6.54 Å². The maximum atomic E-state index is 13.2. The Morgan fingerprint density at radius 1 is 1.06 bits per heavy atom. The molecule has 2 rings (SSSR count). The molecule has 0 aliphatic carbocycles. The van der Waals surface area contributed by atoms with Gasteiger partial charge in [0.2, 0.25) is 0 Å². The van der Waals surface area contributed by atoms with Crippen molar-refractivity contribution in [3.8, 4) is 0 Å². The fourth-order valence-corrected chi connectivity index (χ4v) is 1.84. The summed E-state index contributed by atoms with van der Waals surface area (Å²) in [6, 6.07) is 13.2. The van der Waals surface area contributed by atoms with Crippen LogP contribution in [0.15, 0.2) is 42.5 Å². The molecule has 88 valence electrons. The van der Waals surface area contributed by atoms with Crippen molar-refractivity contribution < 1.29 is 4.39 Å². The van der Waals surface area contributed by atoms with Gasteiger partial charge in [0.15, 0.2) is 0 Å². The SMILES string of the molecule is Cc1cc(F)cc(NCc2ccccc2C)c1. The zero-order valence-electron chi connectivity index (χ0n) is 10.1. The Morgan fingerprint density at radius 2 is 1.82 bits per heavy atom. The number of hydrogen-bond donors (Lipinski definition) is 1. The van der Waals surface area contributed by atoms with E-state index in [0.717, 1.165) is 17.8 Å². The first-order valence-electron chi connectivity index (χ1n) is 5.71. The van der Waals surface area contributed by atoms with Crippen molar-refractivity contribution in [2.45, 2.75) is 20.4 Å². The Kier molecular flexibility index (Phi) is 3.43. The van der Waals surface area contributed by atoms with Crippen molar-refractivity contribution in [3.05, 3.63) is 65.0 Å². The Bertz CT molecular complexity index is 500. The van der Waals surface area contributed by atoms with Gasteiger partial charge in [-0.05, 0) is 48.7 Å². The highest BCUT2D eigenvalue weighted by atomic mass is 19.1. The molecule has 17 heavy (non-hydrogen) atoms. The lowest BCUT2D eigenvalue weighted by Gasteiger charge is -2.09. The highest BCUT2D eigenvalue weighted by molar-refractivity contribution is 5.46. The van der Waals surface area contributed by atoms with Gasteiger partial charge >= 0.3 is 0 Å². The molecular weight excluding hydrogens is 213 g/mol. The second-order valence-electron chi connectivity index (χ2n) is 4.30. The molecule has 1 N–H and O–H groups in total. The van der Waals surface area contributed by atoms with E-state index in [1.165, 1.54) is 23.3 Å². The van der Waals surface area contributed by atoms with Crippen LogP contribution in [0.25, 0.3) is 0 Å². The quantitative estimate of drug-likeness (QED) is 0.837. The highest BCUT2D eigenvalue weighted by Crippen LogP contribution is 2.15. The summed E-state index contributed by atoms with van der Waals surface area (Å²) >= 11 is 0. The molecule has 0 saturated heterocycles. The van der Waals surface area contributed by atoms with Gasteiger partial charge in [0.05, 0.1) is 0 Å². The van der Waals surface area contributed by atoms with Gasteiger partial charge in [0.25, 0.3) is 0 Å². The summed E-state index contributed by atoms with van der Waals surface area (Å²) in [4.78, 5) is 0. The standard InChI is InChI=1S/C15H16FN/c1-11-7-14(16)9-15(8-11)17-10-13-6-4-3-5-12(13)2/h3-9,17H,10H2,1-2H3. The third kappa shape index (κ3) is 3.06. The van der Waals surface area contributed by atoms with Gasteiger partial charge in [-0.2, -0.15) is 0 Å². The third-order valence-corrected chi connectivity index (χ3v) is 2.79. The van der Waals surface area contributed by atoms with Crippen LogP contribution in [0.2, 0.25) is 0 Å². The molecule has 2 aromatic rings. The summed E-state index contributed by atoms with van der Waals surface area (Å²) in [5.74, 6) is -0.197. The minimum atomic E-state index is -0.197. The molecule has 0 saturated carbocycles. The van der Waals surface area contributed by atoms with Crippen molar-refractivity contribution >= 4 is 5.69 Å². The fourth-order valence-electron chi connectivity index (χ4n) is 1.84. The van der Waals surface area contributed by atoms with Gasteiger partial charge in [-0.1, -0.05) is 24.3 Å². The van der Waals surface area contributed by atoms with E-state index in [1.807, 2.05) is 25.1 Å². The van der Waals surface area contributed by atoms with Crippen LogP contribution in [0, 0.1) is 19.7 Å². The molecule has 0 aliphatic rings. The molecule has 0 fully saturated rings. The van der Waals surface area contributed by atoms with Crippen molar-refractivity contribution in [2.75, 3.05) is 5.32 Å². The summed E-state index contributed by atoms with van der Waals surface area (Å²) in [5, 5.41) is 3.24. The summed E-state index contributed by atoms with van der Waals surface area (Å²) in [7, 11) is 0. The van der Waals surface area contributed by atoms with Crippen molar-refractivity contribution in [1.82, 2.24) is 0 Å². The maximum absolute atomic E-state index is 13.2. The van der Waals surface area contributed by atoms with Crippen LogP contribution >= 0.6 is 0 Å². The van der Waals surface area contributed by atoms with Crippen molar-refractivity contribution in [2.24, 2.45) is 0 Å². The van der Waals surface area contributed by atoms with Gasteiger partial charge < -0.3 is 5.32 Å². The zero-order chi connectivity index (χ0) is 12.3. The second kappa shape index (κ2) is 5.00. The number of benzene rings is 2. The Labute approximate surface area is 101 Å². The van der Waals surface area contributed by atoms with Gasteiger partial charge in [-0.3, -0.25) is 0 Å². The smallest absolute Gasteiger partial charge is 0.125 e. The average molecular weight is 229 g/mol. The van der Waals surface area contributed by atoms with E-state index in [0.29, 0.717) is 0 Å². The number of rotatable bonds is 3. The van der Waals surface area contributed by atoms with Gasteiger partial charge in [-0.25, -0.2) is 4.39 Å². The van der Waals surface area contributed by atoms with Crippen LogP contribution in [0.4, 0.5) is 10.1 Å². The Hall–Kier alpha value is -1.83. The van der Waals surface area contributed by atoms with E-state index in [1.54, 1.807) is 0 Å². The Morgan fingerprint density at radius 3 is 2.53 bits per heavy atom. The highest BCUT2D eigenvalue weighted by Gasteiger charge is 1.99. The molecule has 2 aromatic carbocycles. The fraction of sp³-hybridized carbons (Fsp3) is 0.200. The Balaban J connectivity index is 2.10. The molecule has 0 radical (unpaired) electrons. The lowest BCUT2D eigenvalue weighted by Crippen LogP contribution is -2.01. The van der Waals surface area contributed by atoms with E-state index in [2.05, 4.69) is 24.4 Å². The normalized spacial score (nSPS) is 10.3. The van der Waals surface area contributed by atoms with E-state index >= 15 is 0 Å². The second-order valence-corrected chi connectivity index (χ2v) is 4.30. The van der Waals surface area contributed by atoms with E-state index < -0.39 is 0 Å². The average Bonchev–Trinajstić information content (AvgIpc) is 2.27. The molecule has 1 nitrogen and oxygen atoms in total. The number of aryl methyl sites for hydroxylation is 2. The first-order chi connectivity index (χ1) is 8.15.